The maximum absolute atomic E-state index is 13.0. The topological polar surface area (TPSA) is 58.7 Å². The number of benzene rings is 2. The molecule has 4 nitrogen and oxygen atoms in total. The molecule has 2 aromatic rings. The second-order valence-corrected chi connectivity index (χ2v) is 7.52. The van der Waals surface area contributed by atoms with Gasteiger partial charge in [0.2, 0.25) is 0 Å². The standard InChI is InChI=1S/C22H21ClF3N3O/c1-14-5-4-12-29(14)21(30)16-10-8-15(9-11-16)19(13-20(27)22(24,25)26)28-18-7-3-2-6-17(18)23/h2-3,6-11,13-14H,4-5,12,27H2,1H3/b20-13-,28-19?. The number of aliphatic imine (C=N–C) groups is 1. The van der Waals surface area contributed by atoms with Crippen molar-refractivity contribution in [3.05, 3.63) is 76.5 Å². The van der Waals surface area contributed by atoms with E-state index in [1.54, 1.807) is 53.4 Å². The average molecular weight is 436 g/mol. The highest BCUT2D eigenvalue weighted by Gasteiger charge is 2.32. The first-order valence-electron chi connectivity index (χ1n) is 9.46. The van der Waals surface area contributed by atoms with Gasteiger partial charge in [0, 0.05) is 23.7 Å². The molecule has 0 aliphatic carbocycles. The largest absolute Gasteiger partial charge is 0.430 e. The Balaban J connectivity index is 1.98. The molecule has 1 atom stereocenters. The lowest BCUT2D eigenvalue weighted by molar-refractivity contribution is -0.0925. The van der Waals surface area contributed by atoms with Gasteiger partial charge >= 0.3 is 6.18 Å². The normalized spacial score (nSPS) is 18.0. The summed E-state index contributed by atoms with van der Waals surface area (Å²) in [6.07, 6.45) is -2.01. The number of para-hydroxylation sites is 1. The fourth-order valence-electron chi connectivity index (χ4n) is 3.27. The number of nitrogens with two attached hydrogens (primary N) is 1. The first kappa shape index (κ1) is 21.9. The molecule has 1 saturated heterocycles. The second-order valence-electron chi connectivity index (χ2n) is 7.11. The van der Waals surface area contributed by atoms with Gasteiger partial charge in [-0.3, -0.25) is 4.79 Å². The molecule has 1 amide bonds. The summed E-state index contributed by atoms with van der Waals surface area (Å²) in [5.41, 5.74) is 5.10. The van der Waals surface area contributed by atoms with Gasteiger partial charge in [0.1, 0.15) is 5.70 Å². The Morgan fingerprint density at radius 2 is 1.80 bits per heavy atom. The molecule has 2 N–H and O–H groups in total. The summed E-state index contributed by atoms with van der Waals surface area (Å²) >= 11 is 6.10. The minimum atomic E-state index is -4.69. The Labute approximate surface area is 177 Å². The number of hydrogen-bond acceptors (Lipinski definition) is 3. The van der Waals surface area contributed by atoms with E-state index in [1.165, 1.54) is 0 Å². The summed E-state index contributed by atoms with van der Waals surface area (Å²) in [5.74, 6) is -0.0958. The van der Waals surface area contributed by atoms with Crippen LogP contribution in [0.25, 0.3) is 0 Å². The molecule has 158 valence electrons. The predicted molar refractivity (Wildman–Crippen MR) is 112 cm³/mol. The first-order valence-corrected chi connectivity index (χ1v) is 9.83. The van der Waals surface area contributed by atoms with Gasteiger partial charge in [0.15, 0.2) is 0 Å². The average Bonchev–Trinajstić information content (AvgIpc) is 3.13. The SMILES string of the molecule is CC1CCCN1C(=O)c1ccc(C(/C=C(\N)C(F)(F)F)=Nc2ccccc2Cl)cc1. The molecular weight excluding hydrogens is 415 g/mol. The Kier molecular flexibility index (Phi) is 6.51. The fraction of sp³-hybridized carbons (Fsp3) is 0.273. The van der Waals surface area contributed by atoms with Crippen molar-refractivity contribution in [1.29, 1.82) is 0 Å². The first-order chi connectivity index (χ1) is 14.2. The van der Waals surface area contributed by atoms with Crippen LogP contribution in [0.2, 0.25) is 5.02 Å². The number of halogens is 4. The van der Waals surface area contributed by atoms with Crippen molar-refractivity contribution in [3.63, 3.8) is 0 Å². The number of carbonyl (C=O) groups is 1. The maximum Gasteiger partial charge on any atom is 0.430 e. The number of rotatable bonds is 4. The van der Waals surface area contributed by atoms with E-state index in [2.05, 4.69) is 4.99 Å². The smallest absolute Gasteiger partial charge is 0.395 e. The van der Waals surface area contributed by atoms with Crippen LogP contribution in [-0.4, -0.2) is 35.3 Å². The summed E-state index contributed by atoms with van der Waals surface area (Å²) in [5, 5.41) is 0.295. The van der Waals surface area contributed by atoms with Gasteiger partial charge in [-0.15, -0.1) is 0 Å². The van der Waals surface area contributed by atoms with Crippen LogP contribution in [-0.2, 0) is 0 Å². The molecule has 0 aromatic heterocycles. The van der Waals surface area contributed by atoms with E-state index < -0.39 is 11.9 Å². The third-order valence-corrected chi connectivity index (χ3v) is 5.27. The van der Waals surface area contributed by atoms with Crippen LogP contribution >= 0.6 is 11.6 Å². The Bertz CT molecular complexity index is 984. The van der Waals surface area contributed by atoms with Crippen LogP contribution in [0, 0.1) is 0 Å². The number of hydrogen-bond donors (Lipinski definition) is 1. The number of nitrogens with zero attached hydrogens (tertiary/aromatic N) is 2. The van der Waals surface area contributed by atoms with Gasteiger partial charge in [-0.25, -0.2) is 4.99 Å². The third-order valence-electron chi connectivity index (χ3n) is 4.95. The van der Waals surface area contributed by atoms with Crippen LogP contribution in [0.3, 0.4) is 0 Å². The summed E-state index contributed by atoms with van der Waals surface area (Å²) in [7, 11) is 0. The second kappa shape index (κ2) is 8.92. The lowest BCUT2D eigenvalue weighted by atomic mass is 10.0. The zero-order valence-corrected chi connectivity index (χ0v) is 17.0. The van der Waals surface area contributed by atoms with E-state index in [0.29, 0.717) is 28.4 Å². The summed E-state index contributed by atoms with van der Waals surface area (Å²) < 4.78 is 39.0. The molecule has 0 bridgehead atoms. The molecule has 0 radical (unpaired) electrons. The molecule has 1 aliphatic rings. The van der Waals surface area contributed by atoms with E-state index >= 15 is 0 Å². The van der Waals surface area contributed by atoms with Crippen molar-refractivity contribution in [2.45, 2.75) is 32.0 Å². The number of alkyl halides is 3. The minimum Gasteiger partial charge on any atom is -0.395 e. The van der Waals surface area contributed by atoms with Crippen molar-refractivity contribution in [2.75, 3.05) is 6.54 Å². The number of amides is 1. The monoisotopic (exact) mass is 435 g/mol. The number of carbonyl (C=O) groups excluding carboxylic acids is 1. The highest BCUT2D eigenvalue weighted by molar-refractivity contribution is 6.33. The summed E-state index contributed by atoms with van der Waals surface area (Å²) in [6, 6.07) is 13.0. The van der Waals surface area contributed by atoms with Gasteiger partial charge in [-0.05, 0) is 50.1 Å². The zero-order chi connectivity index (χ0) is 21.9. The van der Waals surface area contributed by atoms with Crippen molar-refractivity contribution >= 4 is 28.9 Å². The molecule has 1 fully saturated rings. The van der Waals surface area contributed by atoms with Crippen molar-refractivity contribution in [3.8, 4) is 0 Å². The quantitative estimate of drug-likeness (QED) is 0.645. The molecule has 3 rings (SSSR count). The summed E-state index contributed by atoms with van der Waals surface area (Å²) in [6.45, 7) is 2.70. The van der Waals surface area contributed by atoms with Gasteiger partial charge in [-0.2, -0.15) is 13.2 Å². The molecule has 0 spiro atoms. The van der Waals surface area contributed by atoms with Gasteiger partial charge in [-0.1, -0.05) is 35.9 Å². The minimum absolute atomic E-state index is 0.00790. The van der Waals surface area contributed by atoms with E-state index in [0.717, 1.165) is 18.9 Å². The van der Waals surface area contributed by atoms with Gasteiger partial charge in [0.05, 0.1) is 16.4 Å². The van der Waals surface area contributed by atoms with E-state index in [1.807, 2.05) is 6.92 Å². The van der Waals surface area contributed by atoms with Crippen molar-refractivity contribution < 1.29 is 18.0 Å². The highest BCUT2D eigenvalue weighted by Crippen LogP contribution is 2.27. The maximum atomic E-state index is 13.0. The molecule has 30 heavy (non-hydrogen) atoms. The molecule has 1 unspecified atom stereocenters. The molecule has 8 heteroatoms. The fourth-order valence-corrected chi connectivity index (χ4v) is 3.44. The van der Waals surface area contributed by atoms with E-state index in [-0.39, 0.29) is 17.7 Å². The Morgan fingerprint density at radius 1 is 1.17 bits per heavy atom. The number of likely N-dealkylation sites (tertiary alicyclic amines) is 1. The number of allylic oxidation sites excluding steroid dienone is 2. The lowest BCUT2D eigenvalue weighted by Gasteiger charge is -2.21. The lowest BCUT2D eigenvalue weighted by Crippen LogP contribution is -2.33. The zero-order valence-electron chi connectivity index (χ0n) is 16.3. The van der Waals surface area contributed by atoms with Crippen LogP contribution in [0.15, 0.2) is 65.3 Å². The Morgan fingerprint density at radius 3 is 2.37 bits per heavy atom. The van der Waals surface area contributed by atoms with Crippen molar-refractivity contribution in [2.24, 2.45) is 10.7 Å². The molecule has 1 heterocycles. The Hall–Kier alpha value is -2.80. The molecule has 2 aromatic carbocycles. The van der Waals surface area contributed by atoms with Crippen LogP contribution in [0.4, 0.5) is 18.9 Å². The summed E-state index contributed by atoms with van der Waals surface area (Å²) in [4.78, 5) is 18.8. The van der Waals surface area contributed by atoms with Crippen LogP contribution in [0.5, 0.6) is 0 Å². The third kappa shape index (κ3) is 5.02. The molecule has 0 saturated carbocycles. The predicted octanol–water partition coefficient (Wildman–Crippen LogP) is 5.49. The van der Waals surface area contributed by atoms with Gasteiger partial charge in [0.25, 0.3) is 5.91 Å². The van der Waals surface area contributed by atoms with Crippen LogP contribution in [0.1, 0.15) is 35.7 Å². The van der Waals surface area contributed by atoms with Crippen LogP contribution < -0.4 is 5.73 Å². The molecular formula is C22H21ClF3N3O. The van der Waals surface area contributed by atoms with E-state index in [4.69, 9.17) is 17.3 Å². The van der Waals surface area contributed by atoms with Gasteiger partial charge < -0.3 is 10.6 Å². The highest BCUT2D eigenvalue weighted by atomic mass is 35.5. The molecule has 1 aliphatic heterocycles. The van der Waals surface area contributed by atoms with E-state index in [9.17, 15) is 18.0 Å². The van der Waals surface area contributed by atoms with Crippen molar-refractivity contribution in [1.82, 2.24) is 4.90 Å².